The maximum Gasteiger partial charge on any atom is 0.232 e. The second-order valence-corrected chi connectivity index (χ2v) is 6.02. The molecule has 1 amide bonds. The number of hydrogen-bond acceptors (Lipinski definition) is 5. The van der Waals surface area contributed by atoms with Crippen molar-refractivity contribution in [2.75, 3.05) is 23.3 Å². The lowest BCUT2D eigenvalue weighted by molar-refractivity contribution is -0.120. The van der Waals surface area contributed by atoms with Crippen LogP contribution in [0.2, 0.25) is 0 Å². The van der Waals surface area contributed by atoms with Crippen LogP contribution in [0.25, 0.3) is 10.9 Å². The lowest BCUT2D eigenvalue weighted by Crippen LogP contribution is -2.52. The Bertz CT molecular complexity index is 998. The zero-order valence-electron chi connectivity index (χ0n) is 13.2. The summed E-state index contributed by atoms with van der Waals surface area (Å²) in [6, 6.07) is 14.4. The number of para-hydroxylation sites is 1. The molecule has 7 heteroatoms. The van der Waals surface area contributed by atoms with E-state index in [-0.39, 0.29) is 17.6 Å². The van der Waals surface area contributed by atoms with E-state index in [4.69, 9.17) is 5.26 Å². The number of aromatic nitrogens is 2. The minimum absolute atomic E-state index is 0.104. The number of aromatic amines is 1. The molecule has 0 saturated carbocycles. The largest absolute Gasteiger partial charge is 0.508 e. The second-order valence-electron chi connectivity index (χ2n) is 6.02. The van der Waals surface area contributed by atoms with Gasteiger partial charge in [-0.05, 0) is 24.3 Å². The third kappa shape index (κ3) is 2.64. The van der Waals surface area contributed by atoms with Crippen LogP contribution in [0, 0.1) is 17.2 Å². The molecule has 0 spiro atoms. The Hall–Kier alpha value is -3.53. The third-order valence-corrected chi connectivity index (χ3v) is 4.41. The van der Waals surface area contributed by atoms with Crippen molar-refractivity contribution in [1.29, 1.82) is 5.26 Å². The second kappa shape index (κ2) is 5.83. The van der Waals surface area contributed by atoms with Gasteiger partial charge >= 0.3 is 0 Å². The smallest absolute Gasteiger partial charge is 0.232 e. The monoisotopic (exact) mass is 333 g/mol. The van der Waals surface area contributed by atoms with Gasteiger partial charge in [0, 0.05) is 24.5 Å². The molecule has 25 heavy (non-hydrogen) atoms. The summed E-state index contributed by atoms with van der Waals surface area (Å²) in [5.41, 5.74) is 2.13. The summed E-state index contributed by atoms with van der Waals surface area (Å²) < 4.78 is 0. The van der Waals surface area contributed by atoms with Crippen LogP contribution in [0.1, 0.15) is 5.56 Å². The molecule has 2 heterocycles. The Morgan fingerprint density at radius 3 is 2.92 bits per heavy atom. The summed E-state index contributed by atoms with van der Waals surface area (Å²) in [4.78, 5) is 14.4. The number of amides is 1. The minimum atomic E-state index is -0.157. The normalized spacial score (nSPS) is 14.1. The molecular weight excluding hydrogens is 318 g/mol. The van der Waals surface area contributed by atoms with Crippen molar-refractivity contribution < 1.29 is 9.90 Å². The standard InChI is InChI=1S/C18H15N5O2/c19-8-11-3-1-2-4-16(11)23-9-12(10-23)18(25)20-17-14-6-5-13(24)7-15(14)21-22-17/h1-7,12,24H,9-10H2,(H2,20,21,22,25). The van der Waals surface area contributed by atoms with Crippen molar-refractivity contribution in [2.24, 2.45) is 5.92 Å². The van der Waals surface area contributed by atoms with Gasteiger partial charge in [0.25, 0.3) is 0 Å². The van der Waals surface area contributed by atoms with Crippen molar-refractivity contribution in [3.63, 3.8) is 0 Å². The number of anilines is 2. The molecule has 3 N–H and O–H groups in total. The summed E-state index contributed by atoms with van der Waals surface area (Å²) in [5, 5.41) is 29.1. The molecule has 0 unspecified atom stereocenters. The topological polar surface area (TPSA) is 105 Å². The van der Waals surface area contributed by atoms with Gasteiger partial charge in [-0.15, -0.1) is 0 Å². The van der Waals surface area contributed by atoms with E-state index in [0.29, 0.717) is 30.0 Å². The first-order valence-corrected chi connectivity index (χ1v) is 7.88. The molecule has 1 aliphatic heterocycles. The maximum absolute atomic E-state index is 12.4. The van der Waals surface area contributed by atoms with Gasteiger partial charge in [0.1, 0.15) is 11.8 Å². The number of nitrogens with one attached hydrogen (secondary N) is 2. The first kappa shape index (κ1) is 15.0. The van der Waals surface area contributed by atoms with Crippen LogP contribution in [-0.2, 0) is 4.79 Å². The Morgan fingerprint density at radius 1 is 1.32 bits per heavy atom. The number of phenolic OH excluding ortho intramolecular Hbond substituents is 1. The molecule has 1 aliphatic rings. The highest BCUT2D eigenvalue weighted by Gasteiger charge is 2.34. The number of fused-ring (bicyclic) bond motifs is 1. The molecule has 1 saturated heterocycles. The first-order chi connectivity index (χ1) is 12.2. The Kier molecular flexibility index (Phi) is 3.51. The van der Waals surface area contributed by atoms with Gasteiger partial charge in [-0.3, -0.25) is 9.89 Å². The highest BCUT2D eigenvalue weighted by atomic mass is 16.3. The van der Waals surface area contributed by atoms with Crippen molar-refractivity contribution in [3.05, 3.63) is 48.0 Å². The van der Waals surface area contributed by atoms with Crippen molar-refractivity contribution in [3.8, 4) is 11.8 Å². The fourth-order valence-electron chi connectivity index (χ4n) is 3.01. The molecule has 3 aromatic rings. The van der Waals surface area contributed by atoms with E-state index in [0.717, 1.165) is 11.1 Å². The van der Waals surface area contributed by atoms with Crippen molar-refractivity contribution >= 4 is 28.3 Å². The van der Waals surface area contributed by atoms with Crippen LogP contribution in [0.15, 0.2) is 42.5 Å². The third-order valence-electron chi connectivity index (χ3n) is 4.41. The van der Waals surface area contributed by atoms with Gasteiger partial charge in [-0.25, -0.2) is 0 Å². The minimum Gasteiger partial charge on any atom is -0.508 e. The van der Waals surface area contributed by atoms with Gasteiger partial charge < -0.3 is 15.3 Å². The number of H-pyrrole nitrogens is 1. The predicted octanol–water partition coefficient (Wildman–Crippen LogP) is 2.22. The summed E-state index contributed by atoms with van der Waals surface area (Å²) >= 11 is 0. The van der Waals surface area contributed by atoms with Gasteiger partial charge in [-0.1, -0.05) is 12.1 Å². The van der Waals surface area contributed by atoms with Gasteiger partial charge in [0.2, 0.25) is 5.91 Å². The van der Waals surface area contributed by atoms with E-state index < -0.39 is 0 Å². The number of rotatable bonds is 3. The van der Waals surface area contributed by atoms with Gasteiger partial charge in [0.15, 0.2) is 5.82 Å². The molecule has 1 fully saturated rings. The SMILES string of the molecule is N#Cc1ccccc1N1CC(C(=O)Nc2n[nH]c3cc(O)ccc23)C1. The predicted molar refractivity (Wildman–Crippen MR) is 93.2 cm³/mol. The average molecular weight is 333 g/mol. The van der Waals surface area contributed by atoms with Crippen LogP contribution in [0.4, 0.5) is 11.5 Å². The van der Waals surface area contributed by atoms with E-state index in [1.807, 2.05) is 23.1 Å². The molecule has 124 valence electrons. The highest BCUT2D eigenvalue weighted by molar-refractivity contribution is 6.01. The van der Waals surface area contributed by atoms with Crippen LogP contribution < -0.4 is 10.2 Å². The number of carbonyl (C=O) groups excluding carboxylic acids is 1. The molecule has 1 aromatic heterocycles. The summed E-state index contributed by atoms with van der Waals surface area (Å²) in [6.45, 7) is 1.13. The molecule has 0 atom stereocenters. The molecule has 4 rings (SSSR count). The summed E-state index contributed by atoms with van der Waals surface area (Å²) in [7, 11) is 0. The number of nitrogens with zero attached hydrogens (tertiary/aromatic N) is 3. The number of carbonyl (C=O) groups is 1. The molecular formula is C18H15N5O2. The van der Waals surface area contributed by atoms with Crippen LogP contribution in [0.3, 0.4) is 0 Å². The van der Waals surface area contributed by atoms with Gasteiger partial charge in [0.05, 0.1) is 22.7 Å². The van der Waals surface area contributed by atoms with E-state index in [2.05, 4.69) is 21.6 Å². The number of benzene rings is 2. The summed E-state index contributed by atoms with van der Waals surface area (Å²) in [6.07, 6.45) is 0. The zero-order valence-corrected chi connectivity index (χ0v) is 13.2. The van der Waals surface area contributed by atoms with E-state index in [1.165, 1.54) is 0 Å². The quantitative estimate of drug-likeness (QED) is 0.681. The van der Waals surface area contributed by atoms with Crippen LogP contribution in [0.5, 0.6) is 5.75 Å². The van der Waals surface area contributed by atoms with Crippen LogP contribution in [-0.4, -0.2) is 34.3 Å². The Morgan fingerprint density at radius 2 is 2.12 bits per heavy atom. The lowest BCUT2D eigenvalue weighted by Gasteiger charge is -2.40. The van der Waals surface area contributed by atoms with E-state index >= 15 is 0 Å². The molecule has 0 bridgehead atoms. The zero-order chi connectivity index (χ0) is 17.4. The fraction of sp³-hybridized carbons (Fsp3) is 0.167. The summed E-state index contributed by atoms with van der Waals surface area (Å²) in [5.74, 6) is 0.332. The van der Waals surface area contributed by atoms with Crippen LogP contribution >= 0.6 is 0 Å². The van der Waals surface area contributed by atoms with E-state index in [9.17, 15) is 9.90 Å². The Labute approximate surface area is 143 Å². The molecule has 7 nitrogen and oxygen atoms in total. The molecule has 2 aromatic carbocycles. The highest BCUT2D eigenvalue weighted by Crippen LogP contribution is 2.29. The number of phenols is 1. The molecule has 0 radical (unpaired) electrons. The lowest BCUT2D eigenvalue weighted by atomic mass is 9.97. The van der Waals surface area contributed by atoms with Crippen molar-refractivity contribution in [2.45, 2.75) is 0 Å². The first-order valence-electron chi connectivity index (χ1n) is 7.88. The van der Waals surface area contributed by atoms with Crippen molar-refractivity contribution in [1.82, 2.24) is 10.2 Å². The molecule has 0 aliphatic carbocycles. The Balaban J connectivity index is 1.44. The van der Waals surface area contributed by atoms with Gasteiger partial charge in [-0.2, -0.15) is 10.4 Å². The number of hydrogen-bond donors (Lipinski definition) is 3. The number of nitriles is 1. The van der Waals surface area contributed by atoms with E-state index in [1.54, 1.807) is 24.3 Å². The maximum atomic E-state index is 12.4. The number of aromatic hydroxyl groups is 1. The fourth-order valence-corrected chi connectivity index (χ4v) is 3.01. The average Bonchev–Trinajstić information content (AvgIpc) is 2.96.